The molecule has 2 saturated carbocycles. The highest BCUT2D eigenvalue weighted by Crippen LogP contribution is 2.45. The number of hydrogen-bond donors (Lipinski definition) is 3. The Hall–Kier alpha value is -5.45. The summed E-state index contributed by atoms with van der Waals surface area (Å²) >= 11 is 0. The fourth-order valence-corrected chi connectivity index (χ4v) is 7.86. The van der Waals surface area contributed by atoms with E-state index in [4.69, 9.17) is 14.2 Å². The van der Waals surface area contributed by atoms with E-state index in [9.17, 15) is 32.4 Å². The molecule has 296 valence electrons. The van der Waals surface area contributed by atoms with Crippen molar-refractivity contribution in [1.82, 2.24) is 30.1 Å². The van der Waals surface area contributed by atoms with Gasteiger partial charge < -0.3 is 34.6 Å². The van der Waals surface area contributed by atoms with Crippen molar-refractivity contribution in [2.45, 2.75) is 81.0 Å². The van der Waals surface area contributed by atoms with E-state index in [-0.39, 0.29) is 38.4 Å². The van der Waals surface area contributed by atoms with Crippen LogP contribution in [0.3, 0.4) is 0 Å². The van der Waals surface area contributed by atoms with Crippen molar-refractivity contribution < 1.29 is 46.6 Å². The van der Waals surface area contributed by atoms with Crippen LogP contribution in [-0.2, 0) is 33.9 Å². The molecule has 1 aromatic carbocycles. The molecule has 2 aromatic rings. The van der Waals surface area contributed by atoms with Crippen LogP contribution in [0.15, 0.2) is 68.4 Å². The molecule has 5 amide bonds. The quantitative estimate of drug-likeness (QED) is 0.167. The third-order valence-electron chi connectivity index (χ3n) is 9.54. The first-order valence-corrected chi connectivity index (χ1v) is 19.4. The zero-order valence-corrected chi connectivity index (χ0v) is 32.2. The molecule has 0 radical (unpaired) electrons. The summed E-state index contributed by atoms with van der Waals surface area (Å²) in [4.78, 5) is 75.2. The van der Waals surface area contributed by atoms with Crippen LogP contribution in [0.4, 0.5) is 4.79 Å². The van der Waals surface area contributed by atoms with Gasteiger partial charge in [0, 0.05) is 30.5 Å². The summed E-state index contributed by atoms with van der Waals surface area (Å²) in [5.74, 6) is -2.71. The van der Waals surface area contributed by atoms with E-state index >= 15 is 0 Å². The van der Waals surface area contributed by atoms with Crippen LogP contribution in [0, 0.1) is 5.92 Å². The van der Waals surface area contributed by atoms with Crippen molar-refractivity contribution in [3.8, 4) is 11.6 Å². The number of rotatable bonds is 16. The summed E-state index contributed by atoms with van der Waals surface area (Å²) in [6.45, 7) is 15.4. The van der Waals surface area contributed by atoms with Gasteiger partial charge in [0.05, 0.1) is 25.4 Å². The highest BCUT2D eigenvalue weighted by atomic mass is 32.2. The molecule has 1 saturated heterocycles. The zero-order chi connectivity index (χ0) is 40.3. The van der Waals surface area contributed by atoms with Crippen LogP contribution in [0.5, 0.6) is 11.6 Å². The molecule has 1 aromatic heterocycles. The van der Waals surface area contributed by atoms with Gasteiger partial charge in [-0.2, -0.15) is 0 Å². The van der Waals surface area contributed by atoms with Gasteiger partial charge in [-0.05, 0) is 75.8 Å². The van der Waals surface area contributed by atoms with Crippen molar-refractivity contribution in [2.75, 3.05) is 26.7 Å². The van der Waals surface area contributed by atoms with Gasteiger partial charge in [-0.25, -0.2) is 18.2 Å². The van der Waals surface area contributed by atoms with Gasteiger partial charge in [0.15, 0.2) is 0 Å². The number of methoxy groups -OCH3 is 1. The first-order valence-electron chi connectivity index (χ1n) is 17.9. The van der Waals surface area contributed by atoms with Gasteiger partial charge in [-0.15, -0.1) is 13.2 Å². The van der Waals surface area contributed by atoms with E-state index < -0.39 is 80.2 Å². The molecule has 0 bridgehead atoms. The van der Waals surface area contributed by atoms with E-state index in [0.717, 1.165) is 11.5 Å². The van der Waals surface area contributed by atoms with Crippen molar-refractivity contribution >= 4 is 50.5 Å². The van der Waals surface area contributed by atoms with Crippen molar-refractivity contribution in [1.29, 1.82) is 0 Å². The van der Waals surface area contributed by atoms with Gasteiger partial charge in [0.1, 0.15) is 35.1 Å². The summed E-state index contributed by atoms with van der Waals surface area (Å²) in [6, 6.07) is 4.37. The van der Waals surface area contributed by atoms with Crippen molar-refractivity contribution in [3.05, 3.63) is 68.4 Å². The highest BCUT2D eigenvalue weighted by Gasteiger charge is 2.62. The predicted octanol–water partition coefficient (Wildman–Crippen LogP) is 2.35. The smallest absolute Gasteiger partial charge is 0.408 e. The number of ether oxygens (including phenoxy) is 3. The molecule has 3 N–H and O–H groups in total. The summed E-state index contributed by atoms with van der Waals surface area (Å²) in [6.07, 6.45) is 4.59. The van der Waals surface area contributed by atoms with Gasteiger partial charge in [-0.3, -0.25) is 23.9 Å². The molecular formula is C38H48N6O10S. The van der Waals surface area contributed by atoms with Gasteiger partial charge in [0.2, 0.25) is 33.6 Å². The summed E-state index contributed by atoms with van der Waals surface area (Å²) < 4.78 is 44.7. The topological polar surface area (TPSA) is 203 Å². The van der Waals surface area contributed by atoms with E-state index in [1.807, 2.05) is 0 Å². The van der Waals surface area contributed by atoms with Crippen LogP contribution in [0.1, 0.15) is 46.5 Å². The summed E-state index contributed by atoms with van der Waals surface area (Å²) in [7, 11) is -2.41. The van der Waals surface area contributed by atoms with Gasteiger partial charge in [-0.1, -0.05) is 18.7 Å². The number of nitrogens with one attached hydrogen (secondary N) is 3. The second kappa shape index (κ2) is 16.1. The molecule has 2 aliphatic carbocycles. The molecule has 5 atom stereocenters. The number of pyridine rings is 1. The number of fused-ring (bicyclic) bond motifs is 1. The third-order valence-corrected chi connectivity index (χ3v) is 11.4. The number of nitrogens with zero attached hydrogens (tertiary/aromatic N) is 3. The number of hydrogen-bond acceptors (Lipinski definition) is 11. The third kappa shape index (κ3) is 9.44. The Balaban J connectivity index is 1.48. The number of likely N-dealkylation sites (tertiary alicyclic amines) is 1. The maximum atomic E-state index is 14.6. The average molecular weight is 781 g/mol. The number of carbonyl (C=O) groups is 5. The molecule has 1 aliphatic heterocycles. The van der Waals surface area contributed by atoms with Crippen LogP contribution >= 0.6 is 0 Å². The molecule has 16 nitrogen and oxygen atoms in total. The molecule has 5 unspecified atom stereocenters. The standard InChI is InChI=1S/C38H48N6O10S/c1-8-17-43(31(45)10-3)22-29(40-36(49)54-37(4,5)6)34(47)44-21-26(53-33-28-14-11-25(52-7)18-23(28)15-16-39-33)19-30(44)32(46)41-38(20-24(38)9-2)35(48)42-55(50,51)27-12-13-27/h8-11,14-16,18,24,26-27,29-30H,1-3,12-13,17,19-22H2,4-7H3,(H,40,49)(H,41,46)(H,42,48). The Morgan fingerprint density at radius 3 is 2.45 bits per heavy atom. The Morgan fingerprint density at radius 1 is 1.13 bits per heavy atom. The lowest BCUT2D eigenvalue weighted by Crippen LogP contribution is -2.60. The highest BCUT2D eigenvalue weighted by molar-refractivity contribution is 7.91. The normalized spacial score (nSPS) is 22.4. The maximum absolute atomic E-state index is 14.6. The fraction of sp³-hybridized carbons (Fsp3) is 0.474. The molecule has 0 spiro atoms. The maximum Gasteiger partial charge on any atom is 0.408 e. The SMILES string of the molecule is C=CCN(CC(NC(=O)OC(C)(C)C)C(=O)N1CC(Oc2nccc3cc(OC)ccc23)CC1C(=O)NC1(C(=O)NS(=O)(=O)C2CC2)CC1C=C)C(=O)C=C. The minimum absolute atomic E-state index is 0.00214. The molecule has 2 heterocycles. The lowest BCUT2D eigenvalue weighted by molar-refractivity contribution is -0.142. The monoisotopic (exact) mass is 780 g/mol. The predicted molar refractivity (Wildman–Crippen MR) is 202 cm³/mol. The second-order valence-corrected chi connectivity index (χ2v) is 16.8. The zero-order valence-electron chi connectivity index (χ0n) is 31.4. The van der Waals surface area contributed by atoms with Crippen LogP contribution in [0.25, 0.3) is 10.8 Å². The number of carbonyl (C=O) groups excluding carboxylic acids is 5. The average Bonchev–Trinajstić information content (AvgIpc) is 4.06. The van der Waals surface area contributed by atoms with Crippen molar-refractivity contribution in [2.24, 2.45) is 5.92 Å². The van der Waals surface area contributed by atoms with Crippen LogP contribution in [0.2, 0.25) is 0 Å². The number of benzene rings is 1. The first-order chi connectivity index (χ1) is 25.9. The summed E-state index contributed by atoms with van der Waals surface area (Å²) in [5.41, 5.74) is -2.57. The Kier molecular flexibility index (Phi) is 11.9. The van der Waals surface area contributed by atoms with E-state index in [2.05, 4.69) is 40.1 Å². The van der Waals surface area contributed by atoms with Gasteiger partial charge >= 0.3 is 6.09 Å². The number of amides is 5. The second-order valence-electron chi connectivity index (χ2n) is 14.8. The molecule has 3 aliphatic rings. The molecule has 5 rings (SSSR count). The number of alkyl carbamates (subject to hydrolysis) is 1. The van der Waals surface area contributed by atoms with E-state index in [0.29, 0.717) is 24.0 Å². The lowest BCUT2D eigenvalue weighted by atomic mass is 10.1. The fourth-order valence-electron chi connectivity index (χ4n) is 6.50. The number of aromatic nitrogens is 1. The van der Waals surface area contributed by atoms with E-state index in [1.165, 1.54) is 22.0 Å². The summed E-state index contributed by atoms with van der Waals surface area (Å²) in [5, 5.41) is 6.01. The number of sulfonamides is 1. The van der Waals surface area contributed by atoms with Crippen LogP contribution < -0.4 is 24.8 Å². The van der Waals surface area contributed by atoms with Crippen LogP contribution in [-0.4, -0.2) is 114 Å². The lowest BCUT2D eigenvalue weighted by Gasteiger charge is -2.32. The van der Waals surface area contributed by atoms with E-state index in [1.54, 1.807) is 58.3 Å². The first kappa shape index (κ1) is 40.7. The van der Waals surface area contributed by atoms with Crippen molar-refractivity contribution in [3.63, 3.8) is 0 Å². The Morgan fingerprint density at radius 2 is 1.85 bits per heavy atom. The minimum atomic E-state index is -3.95. The Bertz CT molecular complexity index is 1990. The Labute approximate surface area is 320 Å². The largest absolute Gasteiger partial charge is 0.497 e. The molecule has 55 heavy (non-hydrogen) atoms. The minimum Gasteiger partial charge on any atom is -0.497 e. The van der Waals surface area contributed by atoms with Gasteiger partial charge in [0.25, 0.3) is 5.91 Å². The molecular weight excluding hydrogens is 733 g/mol. The molecule has 3 fully saturated rings. The molecule has 17 heteroatoms.